The van der Waals surface area contributed by atoms with Crippen LogP contribution in [0.1, 0.15) is 42.8 Å². The van der Waals surface area contributed by atoms with Crippen molar-refractivity contribution in [3.63, 3.8) is 0 Å². The molecule has 0 aliphatic heterocycles. The molecule has 1 heterocycles. The molecule has 1 aromatic heterocycles. The van der Waals surface area contributed by atoms with Crippen LogP contribution in [0, 0.1) is 19.8 Å². The van der Waals surface area contributed by atoms with E-state index in [0.29, 0.717) is 34.1 Å². The monoisotopic (exact) mass is 300 g/mol. The van der Waals surface area contributed by atoms with Gasteiger partial charge in [-0.2, -0.15) is 13.9 Å². The fraction of sp³-hybridized carbons (Fsp3) is 0.714. The van der Waals surface area contributed by atoms with Gasteiger partial charge in [0.15, 0.2) is 0 Å². The van der Waals surface area contributed by atoms with Gasteiger partial charge < -0.3 is 11.1 Å². The molecular weight excluding hydrogens is 278 g/mol. The number of hydrogen-bond acceptors (Lipinski definition) is 3. The van der Waals surface area contributed by atoms with Gasteiger partial charge in [0, 0.05) is 17.3 Å². The molecule has 7 heteroatoms. The normalized spacial score (nSPS) is 22.0. The minimum Gasteiger partial charge on any atom is -0.353 e. The maximum absolute atomic E-state index is 12.8. The second kappa shape index (κ2) is 6.51. The highest BCUT2D eigenvalue weighted by molar-refractivity contribution is 5.79. The van der Waals surface area contributed by atoms with Gasteiger partial charge in [-0.15, -0.1) is 0 Å². The number of rotatable bonds is 5. The first-order valence-electron chi connectivity index (χ1n) is 7.26. The lowest BCUT2D eigenvalue weighted by Gasteiger charge is -2.19. The highest BCUT2D eigenvalue weighted by Gasteiger charge is 2.28. The fourth-order valence-corrected chi connectivity index (χ4v) is 3.07. The number of aromatic nitrogens is 2. The quantitative estimate of drug-likeness (QED) is 0.869. The molecule has 1 saturated carbocycles. The third-order valence-electron chi connectivity index (χ3n) is 4.31. The Balaban J connectivity index is 2.03. The molecular formula is C14H22F2N4O. The van der Waals surface area contributed by atoms with E-state index in [2.05, 4.69) is 10.4 Å². The van der Waals surface area contributed by atoms with E-state index in [1.807, 2.05) is 0 Å². The zero-order valence-corrected chi connectivity index (χ0v) is 12.4. The van der Waals surface area contributed by atoms with E-state index in [1.54, 1.807) is 13.8 Å². The van der Waals surface area contributed by atoms with Gasteiger partial charge in [0.25, 0.3) is 0 Å². The summed E-state index contributed by atoms with van der Waals surface area (Å²) >= 11 is 0. The largest absolute Gasteiger partial charge is 0.353 e. The van der Waals surface area contributed by atoms with Crippen molar-refractivity contribution < 1.29 is 13.6 Å². The topological polar surface area (TPSA) is 72.9 Å². The Kier molecular flexibility index (Phi) is 4.92. The van der Waals surface area contributed by atoms with Crippen LogP contribution >= 0.6 is 0 Å². The van der Waals surface area contributed by atoms with Gasteiger partial charge in [0.05, 0.1) is 12.1 Å². The summed E-state index contributed by atoms with van der Waals surface area (Å²) in [6.45, 7) is 1.09. The van der Waals surface area contributed by atoms with Crippen LogP contribution in [0.4, 0.5) is 8.78 Å². The highest BCUT2D eigenvalue weighted by Crippen LogP contribution is 2.25. The summed E-state index contributed by atoms with van der Waals surface area (Å²) in [5.74, 6) is 0.167. The van der Waals surface area contributed by atoms with Gasteiger partial charge >= 0.3 is 6.55 Å². The van der Waals surface area contributed by atoms with E-state index in [0.717, 1.165) is 19.3 Å². The number of carbonyl (C=O) groups is 1. The molecule has 1 aromatic rings. The van der Waals surface area contributed by atoms with Crippen LogP contribution in [0.5, 0.6) is 0 Å². The molecule has 0 radical (unpaired) electrons. The molecule has 2 unspecified atom stereocenters. The number of hydrogen-bond donors (Lipinski definition) is 2. The first kappa shape index (κ1) is 15.9. The predicted octanol–water partition coefficient (Wildman–Crippen LogP) is 1.68. The van der Waals surface area contributed by atoms with Crippen molar-refractivity contribution in [1.29, 1.82) is 0 Å². The third kappa shape index (κ3) is 3.40. The third-order valence-corrected chi connectivity index (χ3v) is 4.31. The van der Waals surface area contributed by atoms with Gasteiger partial charge in [-0.1, -0.05) is 6.42 Å². The number of alkyl halides is 2. The summed E-state index contributed by atoms with van der Waals surface area (Å²) in [6, 6.07) is 0.105. The van der Waals surface area contributed by atoms with Gasteiger partial charge in [-0.05, 0) is 39.2 Å². The Labute approximate surface area is 122 Å². The first-order valence-corrected chi connectivity index (χ1v) is 7.26. The number of nitrogens with zero attached hydrogens (tertiary/aromatic N) is 2. The SMILES string of the molecule is Cc1nn(C(F)F)c(C)c1CC(=O)NC1CCCC1CN. The van der Waals surface area contributed by atoms with Crippen LogP contribution in [0.15, 0.2) is 0 Å². The standard InChI is InChI=1S/C14H22F2N4O/c1-8-11(9(2)20(19-8)14(15)16)6-13(21)18-12-5-3-4-10(12)7-17/h10,12,14H,3-7,17H2,1-2H3,(H,18,21). The number of amides is 1. The zero-order valence-electron chi connectivity index (χ0n) is 12.4. The number of aryl methyl sites for hydroxylation is 1. The Morgan fingerprint density at radius 1 is 1.48 bits per heavy atom. The summed E-state index contributed by atoms with van der Waals surface area (Å²) in [5, 5.41) is 6.77. The van der Waals surface area contributed by atoms with Crippen molar-refractivity contribution in [3.05, 3.63) is 17.0 Å². The molecule has 0 spiro atoms. The number of nitrogens with two attached hydrogens (primary N) is 1. The lowest BCUT2D eigenvalue weighted by atomic mass is 10.0. The van der Waals surface area contributed by atoms with E-state index in [-0.39, 0.29) is 18.4 Å². The van der Waals surface area contributed by atoms with Crippen molar-refractivity contribution in [2.75, 3.05) is 6.54 Å². The summed E-state index contributed by atoms with van der Waals surface area (Å²) in [4.78, 5) is 12.1. The van der Waals surface area contributed by atoms with Crippen LogP contribution in [0.2, 0.25) is 0 Å². The minimum absolute atomic E-state index is 0.0815. The second-order valence-corrected chi connectivity index (χ2v) is 5.65. The van der Waals surface area contributed by atoms with Crippen molar-refractivity contribution in [3.8, 4) is 0 Å². The summed E-state index contributed by atoms with van der Waals surface area (Å²) < 4.78 is 26.2. The molecule has 1 aliphatic carbocycles. The van der Waals surface area contributed by atoms with Crippen LogP contribution < -0.4 is 11.1 Å². The predicted molar refractivity (Wildman–Crippen MR) is 75.0 cm³/mol. The van der Waals surface area contributed by atoms with E-state index in [1.165, 1.54) is 0 Å². The van der Waals surface area contributed by atoms with E-state index in [4.69, 9.17) is 5.73 Å². The van der Waals surface area contributed by atoms with Crippen molar-refractivity contribution >= 4 is 5.91 Å². The summed E-state index contributed by atoms with van der Waals surface area (Å²) in [6.07, 6.45) is 3.11. The van der Waals surface area contributed by atoms with Crippen LogP contribution in [0.3, 0.4) is 0 Å². The van der Waals surface area contributed by atoms with E-state index < -0.39 is 6.55 Å². The number of carbonyl (C=O) groups excluding carboxylic acids is 1. The summed E-state index contributed by atoms with van der Waals surface area (Å²) in [5.41, 5.74) is 7.09. The van der Waals surface area contributed by atoms with Crippen LogP contribution in [-0.2, 0) is 11.2 Å². The Morgan fingerprint density at radius 3 is 2.76 bits per heavy atom. The molecule has 118 valence electrons. The van der Waals surface area contributed by atoms with Gasteiger partial charge in [0.2, 0.25) is 5.91 Å². The lowest BCUT2D eigenvalue weighted by Crippen LogP contribution is -2.40. The lowest BCUT2D eigenvalue weighted by molar-refractivity contribution is -0.121. The fourth-order valence-electron chi connectivity index (χ4n) is 3.07. The second-order valence-electron chi connectivity index (χ2n) is 5.65. The highest BCUT2D eigenvalue weighted by atomic mass is 19.3. The smallest absolute Gasteiger partial charge is 0.333 e. The minimum atomic E-state index is -2.68. The molecule has 1 amide bonds. The average molecular weight is 300 g/mol. The molecule has 2 atom stereocenters. The Hall–Kier alpha value is -1.50. The van der Waals surface area contributed by atoms with E-state index >= 15 is 0 Å². The Bertz CT molecular complexity index is 515. The van der Waals surface area contributed by atoms with Crippen molar-refractivity contribution in [2.45, 2.75) is 52.1 Å². The number of nitrogens with one attached hydrogen (secondary N) is 1. The molecule has 2 rings (SSSR count). The average Bonchev–Trinajstić information content (AvgIpc) is 2.97. The summed E-state index contributed by atoms with van der Waals surface area (Å²) in [7, 11) is 0. The molecule has 0 aromatic carbocycles. The zero-order chi connectivity index (χ0) is 15.6. The molecule has 0 bridgehead atoms. The molecule has 3 N–H and O–H groups in total. The molecule has 1 fully saturated rings. The maximum atomic E-state index is 12.8. The van der Waals surface area contributed by atoms with Crippen LogP contribution in [0.25, 0.3) is 0 Å². The van der Waals surface area contributed by atoms with Crippen molar-refractivity contribution in [2.24, 2.45) is 11.7 Å². The van der Waals surface area contributed by atoms with E-state index in [9.17, 15) is 13.6 Å². The maximum Gasteiger partial charge on any atom is 0.333 e. The molecule has 0 saturated heterocycles. The Morgan fingerprint density at radius 2 is 2.19 bits per heavy atom. The van der Waals surface area contributed by atoms with Gasteiger partial charge in [0.1, 0.15) is 0 Å². The van der Waals surface area contributed by atoms with Gasteiger partial charge in [-0.3, -0.25) is 4.79 Å². The molecule has 1 aliphatic rings. The molecule has 5 nitrogen and oxygen atoms in total. The van der Waals surface area contributed by atoms with Crippen LogP contribution in [-0.4, -0.2) is 28.3 Å². The van der Waals surface area contributed by atoms with Gasteiger partial charge in [-0.25, -0.2) is 4.68 Å². The molecule has 21 heavy (non-hydrogen) atoms. The first-order chi connectivity index (χ1) is 9.93. The number of halogens is 2. The van der Waals surface area contributed by atoms with Crippen molar-refractivity contribution in [1.82, 2.24) is 15.1 Å².